The SMILES string of the molecule is [F-].c1ccc([As+](c2ccccc2)(c2ccccc2)c2ccccc2)cc1. The monoisotopic (exact) mass is 402 g/mol. The third-order valence-electron chi connectivity index (χ3n) is 4.57. The summed E-state index contributed by atoms with van der Waals surface area (Å²) in [6.45, 7) is 0. The molecule has 0 amide bonds. The molecule has 0 saturated heterocycles. The number of halogens is 1. The van der Waals surface area contributed by atoms with E-state index in [4.69, 9.17) is 0 Å². The molecular formula is C24H20AsF. The van der Waals surface area contributed by atoms with Gasteiger partial charge in [0.2, 0.25) is 0 Å². The van der Waals surface area contributed by atoms with Crippen molar-refractivity contribution < 1.29 is 4.70 Å². The summed E-state index contributed by atoms with van der Waals surface area (Å²) in [6, 6.07) is 44.2. The standard InChI is InChI=1S/C24H20As.FH/c1-5-13-21(14-6-1)25(22-15-7-2-8-16-22,23-17-9-3-10-18-23)24-19-11-4-12-20-24;/h1-20H;1H/q+1;/p-1. The van der Waals surface area contributed by atoms with Crippen LogP contribution in [0, 0.1) is 0 Å². The summed E-state index contributed by atoms with van der Waals surface area (Å²) in [5, 5.41) is 0. The van der Waals surface area contributed by atoms with Gasteiger partial charge in [-0.15, -0.1) is 0 Å². The molecule has 0 aliphatic rings. The normalized spacial score (nSPS) is 10.8. The van der Waals surface area contributed by atoms with Crippen molar-refractivity contribution in [3.8, 4) is 0 Å². The zero-order chi connectivity index (χ0) is 17.0. The molecule has 4 aromatic carbocycles. The van der Waals surface area contributed by atoms with Gasteiger partial charge in [-0.1, -0.05) is 0 Å². The Morgan fingerprint density at radius 3 is 0.692 bits per heavy atom. The van der Waals surface area contributed by atoms with Gasteiger partial charge in [0.1, 0.15) is 0 Å². The fraction of sp³-hybridized carbons (Fsp3) is 0. The van der Waals surface area contributed by atoms with Crippen LogP contribution in [0.5, 0.6) is 0 Å². The predicted molar refractivity (Wildman–Crippen MR) is 110 cm³/mol. The summed E-state index contributed by atoms with van der Waals surface area (Å²) in [6.07, 6.45) is 0. The molecule has 0 atom stereocenters. The summed E-state index contributed by atoms with van der Waals surface area (Å²) in [5.41, 5.74) is 0. The Labute approximate surface area is 157 Å². The van der Waals surface area contributed by atoms with Gasteiger partial charge < -0.3 is 4.70 Å². The van der Waals surface area contributed by atoms with Crippen LogP contribution < -0.4 is 22.1 Å². The summed E-state index contributed by atoms with van der Waals surface area (Å²) >= 11 is -2.77. The van der Waals surface area contributed by atoms with Gasteiger partial charge in [-0.3, -0.25) is 0 Å². The topological polar surface area (TPSA) is 0 Å². The van der Waals surface area contributed by atoms with Gasteiger partial charge in [0.25, 0.3) is 0 Å². The number of benzene rings is 4. The Morgan fingerprint density at radius 1 is 0.308 bits per heavy atom. The molecule has 26 heavy (non-hydrogen) atoms. The van der Waals surface area contributed by atoms with E-state index in [1.165, 1.54) is 17.4 Å². The molecule has 0 aliphatic heterocycles. The molecule has 4 rings (SSSR count). The molecule has 0 saturated carbocycles. The Bertz CT molecular complexity index is 759. The summed E-state index contributed by atoms with van der Waals surface area (Å²) < 4.78 is 5.79. The first-order valence-electron chi connectivity index (χ1n) is 8.54. The molecule has 0 nitrogen and oxygen atoms in total. The number of hydrogen-bond acceptors (Lipinski definition) is 0. The maximum absolute atomic E-state index is 2.77. The van der Waals surface area contributed by atoms with Crippen LogP contribution in [-0.4, -0.2) is 13.6 Å². The molecule has 0 aliphatic carbocycles. The van der Waals surface area contributed by atoms with E-state index in [1.54, 1.807) is 0 Å². The van der Waals surface area contributed by atoms with Gasteiger partial charge in [-0.25, -0.2) is 0 Å². The number of rotatable bonds is 4. The van der Waals surface area contributed by atoms with Crippen LogP contribution in [0.25, 0.3) is 0 Å². The van der Waals surface area contributed by atoms with Gasteiger partial charge in [-0.05, 0) is 0 Å². The van der Waals surface area contributed by atoms with Gasteiger partial charge >= 0.3 is 152 Å². The molecule has 0 bridgehead atoms. The average Bonchev–Trinajstić information content (AvgIpc) is 2.72. The van der Waals surface area contributed by atoms with Gasteiger partial charge in [0, 0.05) is 0 Å². The van der Waals surface area contributed by atoms with E-state index < -0.39 is 13.6 Å². The summed E-state index contributed by atoms with van der Waals surface area (Å²) in [7, 11) is 0. The zero-order valence-corrected chi connectivity index (χ0v) is 16.2. The minimum atomic E-state index is -2.77. The fourth-order valence-electron chi connectivity index (χ4n) is 3.50. The molecule has 4 aromatic rings. The third-order valence-corrected chi connectivity index (χ3v) is 13.6. The van der Waals surface area contributed by atoms with Crippen LogP contribution in [0.1, 0.15) is 0 Å². The van der Waals surface area contributed by atoms with E-state index >= 15 is 0 Å². The van der Waals surface area contributed by atoms with Crippen LogP contribution in [0.4, 0.5) is 0 Å². The maximum atomic E-state index is 2.31. The van der Waals surface area contributed by atoms with Crippen molar-refractivity contribution >= 4 is 31.0 Å². The Kier molecular flexibility index (Phi) is 5.71. The van der Waals surface area contributed by atoms with E-state index in [0.717, 1.165) is 0 Å². The van der Waals surface area contributed by atoms with Crippen molar-refractivity contribution in [2.24, 2.45) is 0 Å². The molecule has 0 spiro atoms. The Balaban J connectivity index is 0.00000196. The quantitative estimate of drug-likeness (QED) is 0.424. The molecule has 0 radical (unpaired) electrons. The van der Waals surface area contributed by atoms with Crippen molar-refractivity contribution in [2.75, 3.05) is 0 Å². The molecule has 0 heterocycles. The van der Waals surface area contributed by atoms with Gasteiger partial charge in [0.15, 0.2) is 0 Å². The summed E-state index contributed by atoms with van der Waals surface area (Å²) in [4.78, 5) is 0. The van der Waals surface area contributed by atoms with Crippen LogP contribution in [0.2, 0.25) is 0 Å². The van der Waals surface area contributed by atoms with Crippen LogP contribution >= 0.6 is 0 Å². The van der Waals surface area contributed by atoms with Crippen LogP contribution in [-0.2, 0) is 0 Å². The van der Waals surface area contributed by atoms with Gasteiger partial charge in [-0.2, -0.15) is 0 Å². The molecule has 2 heteroatoms. The first-order valence-corrected chi connectivity index (χ1v) is 12.3. The third kappa shape index (κ3) is 3.11. The molecule has 128 valence electrons. The van der Waals surface area contributed by atoms with E-state index in [2.05, 4.69) is 121 Å². The van der Waals surface area contributed by atoms with Crippen LogP contribution in [0.3, 0.4) is 0 Å². The first-order chi connectivity index (χ1) is 12.4. The predicted octanol–water partition coefficient (Wildman–Crippen LogP) is 0.0680. The molecular weight excluding hydrogens is 382 g/mol. The van der Waals surface area contributed by atoms with Crippen molar-refractivity contribution in [3.05, 3.63) is 121 Å². The second-order valence-electron chi connectivity index (χ2n) is 6.01. The second-order valence-corrected chi connectivity index (χ2v) is 13.2. The average molecular weight is 402 g/mol. The van der Waals surface area contributed by atoms with Crippen molar-refractivity contribution in [1.82, 2.24) is 0 Å². The van der Waals surface area contributed by atoms with Crippen LogP contribution in [0.15, 0.2) is 121 Å². The molecule has 0 fully saturated rings. The van der Waals surface area contributed by atoms with E-state index in [1.807, 2.05) is 0 Å². The fourth-order valence-corrected chi connectivity index (χ4v) is 12.5. The van der Waals surface area contributed by atoms with Crippen molar-refractivity contribution in [2.45, 2.75) is 0 Å². The summed E-state index contributed by atoms with van der Waals surface area (Å²) in [5.74, 6) is 0. The molecule has 0 N–H and O–H groups in total. The second kappa shape index (κ2) is 8.16. The van der Waals surface area contributed by atoms with Crippen molar-refractivity contribution in [1.29, 1.82) is 0 Å². The Hall–Kier alpha value is -2.63. The molecule has 0 unspecified atom stereocenters. The Morgan fingerprint density at radius 2 is 0.500 bits per heavy atom. The van der Waals surface area contributed by atoms with Crippen molar-refractivity contribution in [3.63, 3.8) is 0 Å². The first kappa shape index (κ1) is 18.2. The van der Waals surface area contributed by atoms with E-state index in [-0.39, 0.29) is 4.70 Å². The molecule has 0 aromatic heterocycles. The van der Waals surface area contributed by atoms with E-state index in [0.29, 0.717) is 0 Å². The minimum absolute atomic E-state index is 0. The van der Waals surface area contributed by atoms with Gasteiger partial charge in [0.05, 0.1) is 0 Å². The zero-order valence-electron chi connectivity index (χ0n) is 14.4. The van der Waals surface area contributed by atoms with E-state index in [9.17, 15) is 0 Å². The number of hydrogen-bond donors (Lipinski definition) is 0.